The van der Waals surface area contributed by atoms with Gasteiger partial charge in [0, 0.05) is 31.4 Å². The molecular formula is C11H24N2O2S. The molecule has 0 aromatic carbocycles. The molecule has 96 valence electrons. The summed E-state index contributed by atoms with van der Waals surface area (Å²) >= 11 is 0. The third kappa shape index (κ3) is 4.80. The van der Waals surface area contributed by atoms with Gasteiger partial charge in [0.15, 0.2) is 0 Å². The maximum atomic E-state index is 11.0. The zero-order valence-electron chi connectivity index (χ0n) is 10.6. The molecule has 1 aliphatic heterocycles. The number of rotatable bonds is 5. The summed E-state index contributed by atoms with van der Waals surface area (Å²) in [6.45, 7) is 7.33. The van der Waals surface area contributed by atoms with Gasteiger partial charge < -0.3 is 5.32 Å². The Bertz CT molecular complexity index is 303. The quantitative estimate of drug-likeness (QED) is 0.769. The predicted molar refractivity (Wildman–Crippen MR) is 67.4 cm³/mol. The van der Waals surface area contributed by atoms with Crippen molar-refractivity contribution in [3.8, 4) is 0 Å². The third-order valence-corrected chi connectivity index (χ3v) is 4.26. The van der Waals surface area contributed by atoms with Crippen molar-refractivity contribution in [1.29, 1.82) is 0 Å². The van der Waals surface area contributed by atoms with Gasteiger partial charge in [-0.25, -0.2) is 8.42 Å². The van der Waals surface area contributed by atoms with Crippen molar-refractivity contribution in [3.63, 3.8) is 0 Å². The second-order valence-corrected chi connectivity index (χ2v) is 7.10. The highest BCUT2D eigenvalue weighted by Gasteiger charge is 2.23. The van der Waals surface area contributed by atoms with Crippen molar-refractivity contribution < 1.29 is 8.42 Å². The minimum absolute atomic E-state index is 0.306. The molecule has 1 rings (SSSR count). The Hall–Kier alpha value is -0.130. The van der Waals surface area contributed by atoms with Crippen LogP contribution in [0.15, 0.2) is 0 Å². The lowest BCUT2D eigenvalue weighted by molar-refractivity contribution is 0.139. The van der Waals surface area contributed by atoms with Crippen molar-refractivity contribution in [2.45, 2.75) is 38.8 Å². The molecule has 0 aliphatic carbocycles. The normalized spacial score (nSPS) is 28.2. The van der Waals surface area contributed by atoms with Gasteiger partial charge in [0.25, 0.3) is 0 Å². The number of hydrogen-bond donors (Lipinski definition) is 1. The Morgan fingerprint density at radius 3 is 2.69 bits per heavy atom. The third-order valence-electron chi connectivity index (χ3n) is 3.23. The van der Waals surface area contributed by atoms with E-state index in [9.17, 15) is 8.42 Å². The minimum atomic E-state index is -2.80. The average molecular weight is 248 g/mol. The molecular weight excluding hydrogens is 224 g/mol. The minimum Gasteiger partial charge on any atom is -0.311 e. The maximum Gasteiger partial charge on any atom is 0.147 e. The van der Waals surface area contributed by atoms with Crippen LogP contribution in [0.5, 0.6) is 0 Å². The van der Waals surface area contributed by atoms with Crippen LogP contribution in [0.1, 0.15) is 26.7 Å². The number of piperazine rings is 1. The van der Waals surface area contributed by atoms with E-state index in [1.54, 1.807) is 0 Å². The van der Waals surface area contributed by atoms with E-state index >= 15 is 0 Å². The van der Waals surface area contributed by atoms with Gasteiger partial charge in [-0.1, -0.05) is 6.92 Å². The fourth-order valence-electron chi connectivity index (χ4n) is 2.11. The van der Waals surface area contributed by atoms with E-state index in [2.05, 4.69) is 24.1 Å². The summed E-state index contributed by atoms with van der Waals surface area (Å²) in [5, 5.41) is 3.50. The molecule has 1 aliphatic rings. The molecule has 2 atom stereocenters. The highest BCUT2D eigenvalue weighted by atomic mass is 32.2. The van der Waals surface area contributed by atoms with Gasteiger partial charge in [-0.05, 0) is 26.3 Å². The molecule has 0 bridgehead atoms. The van der Waals surface area contributed by atoms with Crippen LogP contribution in [-0.2, 0) is 9.84 Å². The van der Waals surface area contributed by atoms with Crippen LogP contribution in [0, 0.1) is 0 Å². The Kier molecular flexibility index (Phi) is 5.21. The summed E-state index contributed by atoms with van der Waals surface area (Å²) in [4.78, 5) is 2.40. The van der Waals surface area contributed by atoms with Crippen LogP contribution in [0.4, 0.5) is 0 Å². The van der Waals surface area contributed by atoms with Crippen LogP contribution < -0.4 is 5.32 Å². The summed E-state index contributed by atoms with van der Waals surface area (Å²) in [5.41, 5.74) is 0. The standard InChI is InChI=1S/C11H24N2O2S/c1-4-11-9-13(10(2)8-12-11)6-5-7-16(3,14)15/h10-12H,4-9H2,1-3H3. The molecule has 0 saturated carbocycles. The largest absolute Gasteiger partial charge is 0.311 e. The highest BCUT2D eigenvalue weighted by Crippen LogP contribution is 2.09. The van der Waals surface area contributed by atoms with Crippen LogP contribution in [0.25, 0.3) is 0 Å². The summed E-state index contributed by atoms with van der Waals surface area (Å²) in [6.07, 6.45) is 3.19. The number of sulfone groups is 1. The molecule has 2 unspecified atom stereocenters. The summed E-state index contributed by atoms with van der Waals surface area (Å²) < 4.78 is 22.1. The molecule has 1 heterocycles. The molecule has 4 nitrogen and oxygen atoms in total. The molecule has 16 heavy (non-hydrogen) atoms. The monoisotopic (exact) mass is 248 g/mol. The molecule has 0 aromatic heterocycles. The number of nitrogens with one attached hydrogen (secondary N) is 1. The fourth-order valence-corrected chi connectivity index (χ4v) is 2.76. The molecule has 0 amide bonds. The molecule has 0 spiro atoms. The Balaban J connectivity index is 2.34. The van der Waals surface area contributed by atoms with Gasteiger partial charge in [0.05, 0.1) is 5.75 Å². The molecule has 0 aromatic rings. The van der Waals surface area contributed by atoms with Crippen molar-refractivity contribution in [1.82, 2.24) is 10.2 Å². The summed E-state index contributed by atoms with van der Waals surface area (Å²) in [7, 11) is -2.80. The fraction of sp³-hybridized carbons (Fsp3) is 1.00. The van der Waals surface area contributed by atoms with Crippen molar-refractivity contribution in [2.75, 3.05) is 31.6 Å². The first-order valence-corrected chi connectivity index (χ1v) is 8.13. The predicted octanol–water partition coefficient (Wildman–Crippen LogP) is 0.493. The van der Waals surface area contributed by atoms with Gasteiger partial charge in [0.1, 0.15) is 9.84 Å². The molecule has 1 fully saturated rings. The van der Waals surface area contributed by atoms with Crippen LogP contribution in [0.3, 0.4) is 0 Å². The topological polar surface area (TPSA) is 49.4 Å². The number of nitrogens with zero attached hydrogens (tertiary/aromatic N) is 1. The first-order chi connectivity index (χ1) is 7.42. The van der Waals surface area contributed by atoms with Gasteiger partial charge in [-0.15, -0.1) is 0 Å². The van der Waals surface area contributed by atoms with Gasteiger partial charge >= 0.3 is 0 Å². The Morgan fingerprint density at radius 1 is 1.44 bits per heavy atom. The smallest absolute Gasteiger partial charge is 0.147 e. The lowest BCUT2D eigenvalue weighted by Crippen LogP contribution is -2.55. The molecule has 0 radical (unpaired) electrons. The molecule has 1 saturated heterocycles. The molecule has 5 heteroatoms. The second-order valence-electron chi connectivity index (χ2n) is 4.84. The zero-order chi connectivity index (χ0) is 12.2. The van der Waals surface area contributed by atoms with E-state index in [1.807, 2.05) is 0 Å². The van der Waals surface area contributed by atoms with E-state index in [4.69, 9.17) is 0 Å². The zero-order valence-corrected chi connectivity index (χ0v) is 11.4. The van der Waals surface area contributed by atoms with Gasteiger partial charge in [-0.3, -0.25) is 4.90 Å². The van der Waals surface area contributed by atoms with Crippen LogP contribution in [-0.4, -0.2) is 57.0 Å². The summed E-state index contributed by atoms with van der Waals surface area (Å²) in [5.74, 6) is 0.306. The van der Waals surface area contributed by atoms with Crippen molar-refractivity contribution in [2.24, 2.45) is 0 Å². The van der Waals surface area contributed by atoms with E-state index in [0.29, 0.717) is 17.8 Å². The van der Waals surface area contributed by atoms with E-state index in [1.165, 1.54) is 6.26 Å². The lowest BCUT2D eigenvalue weighted by Gasteiger charge is -2.38. The van der Waals surface area contributed by atoms with Crippen LogP contribution >= 0.6 is 0 Å². The van der Waals surface area contributed by atoms with Gasteiger partial charge in [0.2, 0.25) is 0 Å². The van der Waals surface area contributed by atoms with Crippen molar-refractivity contribution >= 4 is 9.84 Å². The summed E-state index contributed by atoms with van der Waals surface area (Å²) in [6, 6.07) is 1.08. The highest BCUT2D eigenvalue weighted by molar-refractivity contribution is 7.90. The van der Waals surface area contributed by atoms with Crippen molar-refractivity contribution in [3.05, 3.63) is 0 Å². The average Bonchev–Trinajstić information content (AvgIpc) is 2.19. The second kappa shape index (κ2) is 5.98. The molecule has 1 N–H and O–H groups in total. The van der Waals surface area contributed by atoms with E-state index < -0.39 is 9.84 Å². The maximum absolute atomic E-state index is 11.0. The first kappa shape index (κ1) is 13.9. The number of hydrogen-bond acceptors (Lipinski definition) is 4. The Morgan fingerprint density at radius 2 is 2.12 bits per heavy atom. The van der Waals surface area contributed by atoms with Gasteiger partial charge in [-0.2, -0.15) is 0 Å². The first-order valence-electron chi connectivity index (χ1n) is 6.07. The van der Waals surface area contributed by atoms with E-state index in [-0.39, 0.29) is 0 Å². The van der Waals surface area contributed by atoms with E-state index in [0.717, 1.165) is 32.5 Å². The van der Waals surface area contributed by atoms with Crippen LogP contribution in [0.2, 0.25) is 0 Å². The SMILES string of the molecule is CCC1CN(CCCS(C)(=O)=O)C(C)CN1. The lowest BCUT2D eigenvalue weighted by atomic mass is 10.1. The Labute approximate surface area is 99.3 Å².